The van der Waals surface area contributed by atoms with Crippen molar-refractivity contribution >= 4 is 112 Å². The fourth-order valence-corrected chi connectivity index (χ4v) is 11.4. The fourth-order valence-electron chi connectivity index (χ4n) is 9.97. The molecule has 0 radical (unpaired) electrons. The summed E-state index contributed by atoms with van der Waals surface area (Å²) < 4.78 is 114. The number of hydrogen-bond donors (Lipinski definition) is 5. The number of phenolic OH excluding ortho intramolecular Hbond substituents is 1. The molecule has 0 amide bonds. The molecule has 1 saturated carbocycles. The van der Waals surface area contributed by atoms with Crippen LogP contribution < -0.4 is 44.4 Å². The Morgan fingerprint density at radius 2 is 0.967 bits per heavy atom. The molecule has 0 unspecified atom stereocenters. The summed E-state index contributed by atoms with van der Waals surface area (Å²) in [6.07, 6.45) is 9.16. The van der Waals surface area contributed by atoms with Gasteiger partial charge in [0, 0.05) is 97.9 Å². The third kappa shape index (κ3) is 17.3. The molecular formula is C63H65Cl3F3N11O11S. The van der Waals surface area contributed by atoms with Gasteiger partial charge in [-0.2, -0.15) is 17.4 Å². The maximum Gasteiger partial charge on any atom is 0.279 e. The Labute approximate surface area is 543 Å². The normalized spacial score (nSPS) is 16.7. The van der Waals surface area contributed by atoms with Crippen LogP contribution in [-0.2, 0) is 24.4 Å². The molecule has 22 nitrogen and oxygen atoms in total. The number of phenols is 1. The lowest BCUT2D eigenvalue weighted by Crippen LogP contribution is -2.44. The molecule has 5 N–H and O–H groups in total. The van der Waals surface area contributed by atoms with E-state index in [4.69, 9.17) is 72.7 Å². The highest BCUT2D eigenvalue weighted by Gasteiger charge is 2.28. The van der Waals surface area contributed by atoms with Crippen molar-refractivity contribution in [1.82, 2.24) is 38.9 Å². The molecule has 3 aliphatic rings. The molecule has 12 rings (SSSR count). The van der Waals surface area contributed by atoms with Gasteiger partial charge in [-0.25, -0.2) is 43.1 Å². The number of nitrogens with one attached hydrogen (secondary N) is 4. The summed E-state index contributed by atoms with van der Waals surface area (Å²) in [5.74, 6) is 2.65. The quantitative estimate of drug-likeness (QED) is 0.0444. The van der Waals surface area contributed by atoms with Gasteiger partial charge in [0.2, 0.25) is 0 Å². The maximum absolute atomic E-state index is 13.5. The first kappa shape index (κ1) is 66.9. The first-order valence-corrected chi connectivity index (χ1v) is 31.7. The van der Waals surface area contributed by atoms with Crippen LogP contribution in [0.1, 0.15) is 44.9 Å². The highest BCUT2D eigenvalue weighted by atomic mass is 35.5. The van der Waals surface area contributed by atoms with Gasteiger partial charge in [0.15, 0.2) is 34.5 Å². The lowest BCUT2D eigenvalue weighted by Gasteiger charge is -2.30. The number of fused-ring (bicyclic) bond motifs is 3. The predicted octanol–water partition coefficient (Wildman–Crippen LogP) is 13.0. The molecule has 486 valence electrons. The number of hydrogen-bond acceptors (Lipinski definition) is 20. The molecule has 3 aromatic heterocycles. The zero-order valence-corrected chi connectivity index (χ0v) is 53.3. The molecule has 29 heteroatoms. The summed E-state index contributed by atoms with van der Waals surface area (Å²) in [5.41, 5.74) is 3.63. The number of ether oxygens (including phenoxy) is 8. The van der Waals surface area contributed by atoms with Gasteiger partial charge in [-0.05, 0) is 98.5 Å². The molecule has 1 aliphatic carbocycles. The molecular weight excluding hydrogens is 1280 g/mol. The lowest BCUT2D eigenvalue weighted by molar-refractivity contribution is 0.0240. The first-order valence-electron chi connectivity index (χ1n) is 29.1. The standard InChI is InChI=1S/C23H27ClFN5O4S.C22H23ClFN3O4.C18H15ClFN3O3/c1-30(2)35(31,32)29-14-4-7-16(8-5-14)34-22-11-17-20(12-21(22)33-3)26-13-27-23(17)28-15-6-9-19(25)18(24)10-15;1-28-8-9-30-20-12-19-16(11-21(20)31-15-4-6-29-7-5-15)22(26-13-25-19)27-14-2-3-18(24)17(23)10-14;19-13-5-10(1-2-14(13)20)23-18-12-6-17(26-11-3-4-25-8-11)16(24)7-15(12)21-9-22-18/h6,9-14,16,29H,4-5,7-8H2,1-3H3,(H,26,27,28);2-3,10-13,15H,4-9H2,1H3,(H,25,26,27);1-2,5-7,9,11,24H,3-4,8H2,(H,21,22,23)/t;;11-/m..0/s1. The Bertz CT molecular complexity index is 4160. The van der Waals surface area contributed by atoms with Gasteiger partial charge >= 0.3 is 0 Å². The highest BCUT2D eigenvalue weighted by molar-refractivity contribution is 7.87. The van der Waals surface area contributed by atoms with Crippen molar-refractivity contribution in [1.29, 1.82) is 0 Å². The Balaban J connectivity index is 0.000000153. The fraction of sp³-hybridized carbons (Fsp3) is 0.333. The monoisotopic (exact) mass is 1350 g/mol. The number of nitrogens with zero attached hydrogens (tertiary/aromatic N) is 7. The van der Waals surface area contributed by atoms with E-state index in [0.717, 1.165) is 24.6 Å². The Morgan fingerprint density at radius 3 is 1.42 bits per heavy atom. The van der Waals surface area contributed by atoms with Crippen LogP contribution in [0.2, 0.25) is 15.1 Å². The largest absolute Gasteiger partial charge is 0.504 e. The van der Waals surface area contributed by atoms with E-state index < -0.39 is 27.7 Å². The number of methoxy groups -OCH3 is 2. The van der Waals surface area contributed by atoms with Crippen LogP contribution in [-0.4, -0.2) is 140 Å². The SMILES string of the molecule is COCCOc1cc2ncnc(Nc3ccc(F)c(Cl)c3)c2cc1OC1CCOCC1.COc1cc2ncnc(Nc3ccc(F)c(Cl)c3)c2cc1OC1CCC(NS(=O)(=O)N(C)C)CC1.Oc1cc2ncnc(Nc3ccc(F)c(Cl)c3)c2cc1O[C@H]1CCOC1. The summed E-state index contributed by atoms with van der Waals surface area (Å²) in [5, 5.41) is 21.8. The molecule has 9 aromatic rings. The first-order chi connectivity index (χ1) is 44.4. The van der Waals surface area contributed by atoms with E-state index in [1.54, 1.807) is 44.6 Å². The topological polar surface area (TPSA) is 257 Å². The molecule has 5 heterocycles. The van der Waals surface area contributed by atoms with Crippen molar-refractivity contribution in [3.63, 3.8) is 0 Å². The van der Waals surface area contributed by atoms with Crippen LogP contribution in [0.3, 0.4) is 0 Å². The van der Waals surface area contributed by atoms with E-state index in [0.29, 0.717) is 156 Å². The van der Waals surface area contributed by atoms with Gasteiger partial charge in [-0.15, -0.1) is 0 Å². The van der Waals surface area contributed by atoms with Crippen LogP contribution in [0, 0.1) is 17.5 Å². The molecule has 0 bridgehead atoms. The van der Waals surface area contributed by atoms with Crippen molar-refractivity contribution in [3.8, 4) is 34.5 Å². The summed E-state index contributed by atoms with van der Waals surface area (Å²) >= 11 is 17.6. The second-order valence-corrected chi connectivity index (χ2v) is 24.6. The summed E-state index contributed by atoms with van der Waals surface area (Å²) in [6, 6.07) is 23.4. The Morgan fingerprint density at radius 1 is 0.533 bits per heavy atom. The number of rotatable bonds is 20. The van der Waals surface area contributed by atoms with Gasteiger partial charge in [0.05, 0.1) is 77.9 Å². The Hall–Kier alpha value is -8.05. The van der Waals surface area contributed by atoms with E-state index >= 15 is 0 Å². The molecule has 2 aliphatic heterocycles. The van der Waals surface area contributed by atoms with E-state index in [2.05, 4.69) is 50.6 Å². The van der Waals surface area contributed by atoms with Crippen molar-refractivity contribution in [3.05, 3.63) is 142 Å². The van der Waals surface area contributed by atoms with Gasteiger partial charge < -0.3 is 59.0 Å². The average molecular weight is 1350 g/mol. The van der Waals surface area contributed by atoms with Gasteiger partial charge in [-0.1, -0.05) is 34.8 Å². The van der Waals surface area contributed by atoms with Crippen LogP contribution in [0.15, 0.2) is 110 Å². The molecule has 2 saturated heterocycles. The predicted molar refractivity (Wildman–Crippen MR) is 345 cm³/mol. The Kier molecular flexibility index (Phi) is 22.6. The van der Waals surface area contributed by atoms with Crippen molar-refractivity contribution in [2.45, 2.75) is 69.3 Å². The second kappa shape index (κ2) is 31.0. The minimum absolute atomic E-state index is 0.00104. The van der Waals surface area contributed by atoms with Gasteiger partial charge in [-0.3, -0.25) is 0 Å². The molecule has 6 aromatic carbocycles. The van der Waals surface area contributed by atoms with E-state index in [1.807, 2.05) is 18.2 Å². The maximum atomic E-state index is 13.5. The van der Waals surface area contributed by atoms with Crippen molar-refractivity contribution in [2.75, 3.05) is 83.9 Å². The lowest BCUT2D eigenvalue weighted by atomic mass is 9.93. The third-order valence-corrected chi connectivity index (χ3v) is 17.3. The van der Waals surface area contributed by atoms with Crippen LogP contribution in [0.4, 0.5) is 47.7 Å². The second-order valence-electron chi connectivity index (χ2n) is 21.5. The van der Waals surface area contributed by atoms with Crippen LogP contribution in [0.5, 0.6) is 34.5 Å². The minimum Gasteiger partial charge on any atom is -0.504 e. The van der Waals surface area contributed by atoms with Gasteiger partial charge in [0.1, 0.15) is 72.7 Å². The van der Waals surface area contributed by atoms with Crippen molar-refractivity contribution < 1.29 is 64.6 Å². The van der Waals surface area contributed by atoms with E-state index in [-0.39, 0.29) is 45.2 Å². The molecule has 3 fully saturated rings. The number of aromatic hydroxyl groups is 1. The minimum atomic E-state index is -3.47. The summed E-state index contributed by atoms with van der Waals surface area (Å²) in [4.78, 5) is 25.8. The highest BCUT2D eigenvalue weighted by Crippen LogP contribution is 2.40. The average Bonchev–Trinajstić information content (AvgIpc) is 0.836. The van der Waals surface area contributed by atoms with Crippen LogP contribution in [0.25, 0.3) is 32.7 Å². The summed E-state index contributed by atoms with van der Waals surface area (Å²) in [7, 11) is 2.71. The van der Waals surface area contributed by atoms with E-state index in [1.165, 1.54) is 79.8 Å². The van der Waals surface area contributed by atoms with Crippen LogP contribution >= 0.6 is 34.8 Å². The smallest absolute Gasteiger partial charge is 0.279 e. The van der Waals surface area contributed by atoms with Gasteiger partial charge in [0.25, 0.3) is 10.2 Å². The number of benzene rings is 6. The van der Waals surface area contributed by atoms with E-state index in [9.17, 15) is 26.7 Å². The molecule has 0 spiro atoms. The number of aromatic nitrogens is 6. The molecule has 92 heavy (non-hydrogen) atoms. The third-order valence-electron chi connectivity index (χ3n) is 14.8. The van der Waals surface area contributed by atoms with Crippen molar-refractivity contribution in [2.24, 2.45) is 0 Å². The molecule has 1 atom stereocenters. The summed E-state index contributed by atoms with van der Waals surface area (Å²) in [6.45, 7) is 3.30. The zero-order valence-electron chi connectivity index (χ0n) is 50.2. The zero-order chi connectivity index (χ0) is 64.9. The number of anilines is 6. The number of halogens is 6.